The molecular formula is C28H30N2O6S. The van der Waals surface area contributed by atoms with Gasteiger partial charge < -0.3 is 14.9 Å². The second kappa shape index (κ2) is 11.5. The van der Waals surface area contributed by atoms with Gasteiger partial charge in [0, 0.05) is 34.9 Å². The molecule has 0 unspecified atom stereocenters. The molecular weight excluding hydrogens is 492 g/mol. The van der Waals surface area contributed by atoms with Gasteiger partial charge in [0.2, 0.25) is 0 Å². The molecule has 0 bridgehead atoms. The van der Waals surface area contributed by atoms with Crippen molar-refractivity contribution in [3.63, 3.8) is 0 Å². The Morgan fingerprint density at radius 2 is 1.65 bits per heavy atom. The van der Waals surface area contributed by atoms with Crippen molar-refractivity contribution in [2.45, 2.75) is 45.1 Å². The molecule has 2 N–H and O–H groups in total. The Morgan fingerprint density at radius 3 is 2.30 bits per heavy atom. The second-order valence-electron chi connectivity index (χ2n) is 9.09. The average Bonchev–Trinajstić information content (AvgIpc) is 3.24. The van der Waals surface area contributed by atoms with Gasteiger partial charge in [-0.05, 0) is 49.6 Å². The Labute approximate surface area is 219 Å². The van der Waals surface area contributed by atoms with Crippen molar-refractivity contribution >= 4 is 40.7 Å². The van der Waals surface area contributed by atoms with Gasteiger partial charge in [-0.25, -0.2) is 14.4 Å². The average molecular weight is 523 g/mol. The second-order valence-corrected chi connectivity index (χ2v) is 10.1. The van der Waals surface area contributed by atoms with E-state index >= 15 is 0 Å². The molecule has 3 aromatic rings. The topological polar surface area (TPSA) is 107 Å². The monoisotopic (exact) mass is 522 g/mol. The maximum absolute atomic E-state index is 13.9. The minimum absolute atomic E-state index is 0.0520. The smallest absolute Gasteiger partial charge is 0.349 e. The number of thiophene rings is 1. The molecule has 1 aromatic heterocycles. The number of anilines is 2. The van der Waals surface area contributed by atoms with Gasteiger partial charge in [-0.2, -0.15) is 0 Å². The number of aliphatic carboxylic acids is 1. The van der Waals surface area contributed by atoms with E-state index in [1.807, 2.05) is 59.5 Å². The van der Waals surface area contributed by atoms with E-state index in [-0.39, 0.29) is 22.7 Å². The van der Waals surface area contributed by atoms with Gasteiger partial charge >= 0.3 is 18.0 Å². The molecule has 0 spiro atoms. The molecule has 37 heavy (non-hydrogen) atoms. The molecule has 1 aliphatic rings. The fraction of sp³-hybridized carbons (Fsp3) is 0.321. The van der Waals surface area contributed by atoms with Crippen LogP contribution in [0.3, 0.4) is 0 Å². The number of nitrogens with zero attached hydrogens (tertiary/aromatic N) is 2. The highest BCUT2D eigenvalue weighted by atomic mass is 32.1. The van der Waals surface area contributed by atoms with Crippen molar-refractivity contribution in [2.75, 3.05) is 23.5 Å². The standard InChI is InChI=1S/C28H30N2O6S/c1-18-24(36-17-23(31)32)26(27(33)34)37-25(18)19-10-9-15-22(16-19)30(21-13-7-4-8-14-21)28(35)29(2)20-11-5-3-6-12-20/h3,5-6,9-12,15-16,21H,4,7-8,13-14,17H2,1-2H3,(H,31,32)(H,33,34). The van der Waals surface area contributed by atoms with Gasteiger partial charge in [0.15, 0.2) is 11.5 Å². The van der Waals surface area contributed by atoms with Crippen LogP contribution in [0.25, 0.3) is 10.4 Å². The summed E-state index contributed by atoms with van der Waals surface area (Å²) >= 11 is 1.04. The molecule has 1 saturated carbocycles. The largest absolute Gasteiger partial charge is 0.480 e. The number of carbonyl (C=O) groups excluding carboxylic acids is 1. The Kier molecular flexibility index (Phi) is 8.13. The van der Waals surface area contributed by atoms with Crippen LogP contribution in [0, 0.1) is 6.92 Å². The van der Waals surface area contributed by atoms with Crippen LogP contribution in [0.15, 0.2) is 54.6 Å². The van der Waals surface area contributed by atoms with Crippen molar-refractivity contribution < 1.29 is 29.3 Å². The first-order chi connectivity index (χ1) is 17.8. The summed E-state index contributed by atoms with van der Waals surface area (Å²) in [5.74, 6) is -2.31. The lowest BCUT2D eigenvalue weighted by molar-refractivity contribution is -0.139. The first-order valence-corrected chi connectivity index (χ1v) is 13.0. The van der Waals surface area contributed by atoms with E-state index in [9.17, 15) is 19.5 Å². The maximum Gasteiger partial charge on any atom is 0.349 e. The quantitative estimate of drug-likeness (QED) is 0.360. The number of benzene rings is 2. The number of hydrogen-bond donors (Lipinski definition) is 2. The van der Waals surface area contributed by atoms with Crippen molar-refractivity contribution in [3.05, 3.63) is 65.0 Å². The summed E-state index contributed by atoms with van der Waals surface area (Å²) in [7, 11) is 1.77. The molecule has 2 amide bonds. The van der Waals surface area contributed by atoms with Crippen LogP contribution >= 0.6 is 11.3 Å². The number of para-hydroxylation sites is 1. The summed E-state index contributed by atoms with van der Waals surface area (Å²) in [6.07, 6.45) is 5.08. The fourth-order valence-corrected chi connectivity index (χ4v) is 5.85. The molecule has 0 aliphatic heterocycles. The zero-order valence-corrected chi connectivity index (χ0v) is 21.7. The normalized spacial score (nSPS) is 13.7. The van der Waals surface area contributed by atoms with Gasteiger partial charge in [0.05, 0.1) is 0 Å². The predicted octanol–water partition coefficient (Wildman–Crippen LogP) is 6.28. The predicted molar refractivity (Wildman–Crippen MR) is 144 cm³/mol. The summed E-state index contributed by atoms with van der Waals surface area (Å²) < 4.78 is 5.34. The highest BCUT2D eigenvalue weighted by molar-refractivity contribution is 7.18. The summed E-state index contributed by atoms with van der Waals surface area (Å²) in [6, 6.07) is 16.9. The summed E-state index contributed by atoms with van der Waals surface area (Å²) in [5, 5.41) is 18.7. The molecule has 8 nitrogen and oxygen atoms in total. The van der Waals surface area contributed by atoms with Gasteiger partial charge in [0.25, 0.3) is 0 Å². The van der Waals surface area contributed by atoms with E-state index in [0.29, 0.717) is 10.4 Å². The van der Waals surface area contributed by atoms with Crippen molar-refractivity contribution in [3.8, 4) is 16.2 Å². The van der Waals surface area contributed by atoms with Crippen LogP contribution in [0.4, 0.5) is 16.2 Å². The number of ether oxygens (including phenoxy) is 1. The zero-order chi connectivity index (χ0) is 26.5. The van der Waals surface area contributed by atoms with E-state index in [0.717, 1.165) is 60.4 Å². The number of amides is 2. The highest BCUT2D eigenvalue weighted by Crippen LogP contribution is 2.42. The van der Waals surface area contributed by atoms with E-state index < -0.39 is 18.5 Å². The molecule has 1 fully saturated rings. The van der Waals surface area contributed by atoms with Crippen LogP contribution in [-0.4, -0.2) is 47.9 Å². The summed E-state index contributed by atoms with van der Waals surface area (Å²) in [6.45, 7) is 1.09. The van der Waals surface area contributed by atoms with E-state index in [2.05, 4.69) is 0 Å². The number of hydrogen-bond acceptors (Lipinski definition) is 5. The maximum atomic E-state index is 13.9. The van der Waals surface area contributed by atoms with Crippen molar-refractivity contribution in [2.24, 2.45) is 0 Å². The first-order valence-electron chi connectivity index (χ1n) is 12.2. The number of carbonyl (C=O) groups is 3. The van der Waals surface area contributed by atoms with Gasteiger partial charge in [-0.15, -0.1) is 11.3 Å². The SMILES string of the molecule is Cc1c(-c2cccc(N(C(=O)N(C)c3ccccc3)C3CCCCC3)c2)sc(C(=O)O)c1OCC(=O)O. The zero-order valence-electron chi connectivity index (χ0n) is 20.8. The molecule has 1 heterocycles. The first kappa shape index (κ1) is 26.2. The molecule has 1 aliphatic carbocycles. The Morgan fingerprint density at radius 1 is 0.973 bits per heavy atom. The molecule has 0 radical (unpaired) electrons. The number of rotatable bonds is 8. The number of aromatic carboxylic acids is 1. The van der Waals surface area contributed by atoms with Crippen molar-refractivity contribution in [1.29, 1.82) is 0 Å². The van der Waals surface area contributed by atoms with Crippen LogP contribution in [0.1, 0.15) is 47.3 Å². The van der Waals surface area contributed by atoms with Gasteiger partial charge in [-0.1, -0.05) is 49.6 Å². The lowest BCUT2D eigenvalue weighted by atomic mass is 9.93. The highest BCUT2D eigenvalue weighted by Gasteiger charge is 2.30. The molecule has 0 saturated heterocycles. The third-order valence-electron chi connectivity index (χ3n) is 6.59. The molecule has 9 heteroatoms. The molecule has 2 aromatic carbocycles. The number of urea groups is 1. The van der Waals surface area contributed by atoms with E-state index in [4.69, 9.17) is 9.84 Å². The van der Waals surface area contributed by atoms with Crippen LogP contribution in [0.2, 0.25) is 0 Å². The van der Waals surface area contributed by atoms with Gasteiger partial charge in [-0.3, -0.25) is 9.80 Å². The summed E-state index contributed by atoms with van der Waals surface area (Å²) in [5.41, 5.74) is 2.82. The Balaban J connectivity index is 1.74. The molecule has 4 rings (SSSR count). The third-order valence-corrected chi connectivity index (χ3v) is 7.90. The van der Waals surface area contributed by atoms with E-state index in [1.165, 1.54) is 0 Å². The Bertz CT molecular complexity index is 1280. The number of carboxylic acids is 2. The Hall–Kier alpha value is -3.85. The fourth-order valence-electron chi connectivity index (χ4n) is 4.76. The van der Waals surface area contributed by atoms with Crippen molar-refractivity contribution in [1.82, 2.24) is 0 Å². The molecule has 194 valence electrons. The summed E-state index contributed by atoms with van der Waals surface area (Å²) in [4.78, 5) is 40.9. The van der Waals surface area contributed by atoms with Crippen LogP contribution < -0.4 is 14.5 Å². The lowest BCUT2D eigenvalue weighted by Gasteiger charge is -2.37. The third kappa shape index (κ3) is 5.77. The minimum Gasteiger partial charge on any atom is -0.480 e. The van der Waals surface area contributed by atoms with Gasteiger partial charge in [0.1, 0.15) is 5.75 Å². The minimum atomic E-state index is -1.19. The number of carboxylic acid groups (broad SMARTS) is 2. The van der Waals surface area contributed by atoms with E-state index in [1.54, 1.807) is 18.9 Å². The lowest BCUT2D eigenvalue weighted by Crippen LogP contribution is -2.48. The van der Waals surface area contributed by atoms with Crippen LogP contribution in [-0.2, 0) is 4.79 Å². The molecule has 0 atom stereocenters. The van der Waals surface area contributed by atoms with Crippen LogP contribution in [0.5, 0.6) is 5.75 Å².